The third-order valence-electron chi connectivity index (χ3n) is 2.69. The number of hydrogen-bond acceptors (Lipinski definition) is 4. The van der Waals surface area contributed by atoms with Gasteiger partial charge >= 0.3 is 0 Å². The van der Waals surface area contributed by atoms with E-state index in [1.54, 1.807) is 11.3 Å². The van der Waals surface area contributed by atoms with E-state index in [0.29, 0.717) is 12.5 Å². The predicted octanol–water partition coefficient (Wildman–Crippen LogP) is 2.43. The normalized spacial score (nSPS) is 13.9. The highest BCUT2D eigenvalue weighted by Crippen LogP contribution is 2.22. The highest BCUT2D eigenvalue weighted by atomic mass is 32.2. The van der Waals surface area contributed by atoms with Crippen LogP contribution in [0.2, 0.25) is 0 Å². The lowest BCUT2D eigenvalue weighted by atomic mass is 10.3. The number of thiophene rings is 1. The summed E-state index contributed by atoms with van der Waals surface area (Å²) in [6.45, 7) is 8.73. The quantitative estimate of drug-likeness (QED) is 0.725. The van der Waals surface area contributed by atoms with Crippen LogP contribution in [0, 0.1) is 6.92 Å². The first-order valence-electron chi connectivity index (χ1n) is 6.60. The third kappa shape index (κ3) is 6.51. The van der Waals surface area contributed by atoms with Crippen molar-refractivity contribution >= 4 is 21.4 Å². The molecular formula is C13H24N2O2S2. The Bertz CT molecular complexity index is 481. The fourth-order valence-electron chi connectivity index (χ4n) is 1.73. The van der Waals surface area contributed by atoms with Gasteiger partial charge in [0, 0.05) is 15.8 Å². The summed E-state index contributed by atoms with van der Waals surface area (Å²) in [6, 6.07) is 4.23. The minimum atomic E-state index is -3.20. The summed E-state index contributed by atoms with van der Waals surface area (Å²) in [5, 5.41) is 3.22. The van der Waals surface area contributed by atoms with Crippen molar-refractivity contribution in [2.45, 2.75) is 46.2 Å². The van der Waals surface area contributed by atoms with Gasteiger partial charge in [0.25, 0.3) is 0 Å². The first-order chi connectivity index (χ1) is 8.80. The fraction of sp³-hybridized carbons (Fsp3) is 0.692. The Hall–Kier alpha value is -0.430. The Morgan fingerprint density at radius 2 is 1.95 bits per heavy atom. The number of nitrogens with one attached hydrogen (secondary N) is 2. The Labute approximate surface area is 120 Å². The van der Waals surface area contributed by atoms with Crippen LogP contribution in [-0.4, -0.2) is 26.8 Å². The monoisotopic (exact) mass is 304 g/mol. The summed E-state index contributed by atoms with van der Waals surface area (Å²) < 4.78 is 26.6. The van der Waals surface area contributed by atoms with Crippen LogP contribution in [0.4, 0.5) is 0 Å². The molecule has 0 aliphatic heterocycles. The van der Waals surface area contributed by atoms with Crippen LogP contribution < -0.4 is 10.0 Å². The van der Waals surface area contributed by atoms with Gasteiger partial charge in [-0.05, 0) is 38.9 Å². The van der Waals surface area contributed by atoms with Crippen molar-refractivity contribution < 1.29 is 8.42 Å². The molecule has 0 saturated heterocycles. The molecule has 4 nitrogen and oxygen atoms in total. The summed E-state index contributed by atoms with van der Waals surface area (Å²) in [5.41, 5.74) is 0. The van der Waals surface area contributed by atoms with Crippen molar-refractivity contribution in [3.63, 3.8) is 0 Å². The number of rotatable bonds is 8. The van der Waals surface area contributed by atoms with Crippen LogP contribution in [0.15, 0.2) is 12.1 Å². The molecule has 1 atom stereocenters. The van der Waals surface area contributed by atoms with E-state index in [1.807, 2.05) is 39.8 Å². The zero-order valence-corrected chi connectivity index (χ0v) is 13.7. The first kappa shape index (κ1) is 16.6. The second kappa shape index (κ2) is 7.38. The first-order valence-corrected chi connectivity index (χ1v) is 9.07. The standard InChI is InChI=1S/C13H24N2O2S2/c1-10(2)14-8-5-9-19(16,17)15-12(4)13-7-6-11(3)18-13/h6-7,10,12,14-15H,5,8-9H2,1-4H3. The average Bonchev–Trinajstić information content (AvgIpc) is 2.70. The lowest BCUT2D eigenvalue weighted by molar-refractivity contribution is 0.553. The van der Waals surface area contributed by atoms with Crippen LogP contribution >= 0.6 is 11.3 Å². The molecule has 6 heteroatoms. The molecule has 1 rings (SSSR count). The molecule has 0 amide bonds. The molecule has 110 valence electrons. The fourth-order valence-corrected chi connectivity index (χ4v) is 3.99. The molecular weight excluding hydrogens is 280 g/mol. The van der Waals surface area contributed by atoms with E-state index < -0.39 is 10.0 Å². The Morgan fingerprint density at radius 3 is 2.47 bits per heavy atom. The zero-order chi connectivity index (χ0) is 14.5. The minimum Gasteiger partial charge on any atom is -0.314 e. The summed E-state index contributed by atoms with van der Waals surface area (Å²) in [6.07, 6.45) is 0.629. The summed E-state index contributed by atoms with van der Waals surface area (Å²) in [7, 11) is -3.20. The van der Waals surface area contributed by atoms with Gasteiger partial charge in [0.05, 0.1) is 11.8 Å². The van der Waals surface area contributed by atoms with Gasteiger partial charge in [-0.3, -0.25) is 0 Å². The SMILES string of the molecule is Cc1ccc(C(C)NS(=O)(=O)CCCNC(C)C)s1. The summed E-state index contributed by atoms with van der Waals surface area (Å²) >= 11 is 1.63. The van der Waals surface area contributed by atoms with Crippen LogP contribution in [0.5, 0.6) is 0 Å². The van der Waals surface area contributed by atoms with E-state index in [0.717, 1.165) is 11.4 Å². The third-order valence-corrected chi connectivity index (χ3v) is 5.41. The van der Waals surface area contributed by atoms with Gasteiger partial charge in [0.1, 0.15) is 0 Å². The Morgan fingerprint density at radius 1 is 1.26 bits per heavy atom. The van der Waals surface area contributed by atoms with Gasteiger partial charge in [-0.1, -0.05) is 13.8 Å². The molecule has 1 aromatic rings. The van der Waals surface area contributed by atoms with Crippen LogP contribution in [0.1, 0.15) is 43.0 Å². The highest BCUT2D eigenvalue weighted by molar-refractivity contribution is 7.89. The van der Waals surface area contributed by atoms with E-state index >= 15 is 0 Å². The van der Waals surface area contributed by atoms with Crippen molar-refractivity contribution in [1.82, 2.24) is 10.0 Å². The van der Waals surface area contributed by atoms with E-state index in [9.17, 15) is 8.42 Å². The van der Waals surface area contributed by atoms with Crippen molar-refractivity contribution in [2.75, 3.05) is 12.3 Å². The topological polar surface area (TPSA) is 58.2 Å². The van der Waals surface area contributed by atoms with Crippen molar-refractivity contribution in [2.24, 2.45) is 0 Å². The number of sulfonamides is 1. The Kier molecular flexibility index (Phi) is 6.46. The van der Waals surface area contributed by atoms with Crippen LogP contribution in [-0.2, 0) is 10.0 Å². The molecule has 19 heavy (non-hydrogen) atoms. The predicted molar refractivity (Wildman–Crippen MR) is 82.1 cm³/mol. The number of aryl methyl sites for hydroxylation is 1. The van der Waals surface area contributed by atoms with E-state index in [-0.39, 0.29) is 11.8 Å². The van der Waals surface area contributed by atoms with Gasteiger partial charge in [-0.2, -0.15) is 0 Å². The largest absolute Gasteiger partial charge is 0.314 e. The summed E-state index contributed by atoms with van der Waals surface area (Å²) in [4.78, 5) is 2.25. The lowest BCUT2D eigenvalue weighted by Crippen LogP contribution is -2.31. The maximum absolute atomic E-state index is 11.9. The zero-order valence-electron chi connectivity index (χ0n) is 12.1. The molecule has 0 saturated carbocycles. The molecule has 0 aromatic carbocycles. The smallest absolute Gasteiger partial charge is 0.212 e. The molecule has 0 fully saturated rings. The minimum absolute atomic E-state index is 0.151. The maximum Gasteiger partial charge on any atom is 0.212 e. The Balaban J connectivity index is 2.41. The molecule has 2 N–H and O–H groups in total. The van der Waals surface area contributed by atoms with E-state index in [1.165, 1.54) is 4.88 Å². The molecule has 1 unspecified atom stereocenters. The van der Waals surface area contributed by atoms with Gasteiger partial charge in [-0.25, -0.2) is 13.1 Å². The summed E-state index contributed by atoms with van der Waals surface area (Å²) in [5.74, 6) is 0.168. The van der Waals surface area contributed by atoms with Gasteiger partial charge in [0.2, 0.25) is 10.0 Å². The molecule has 1 heterocycles. The van der Waals surface area contributed by atoms with Crippen LogP contribution in [0.3, 0.4) is 0 Å². The highest BCUT2D eigenvalue weighted by Gasteiger charge is 2.16. The van der Waals surface area contributed by atoms with E-state index in [4.69, 9.17) is 0 Å². The second-order valence-corrected chi connectivity index (χ2v) is 8.26. The average molecular weight is 304 g/mol. The molecule has 1 aromatic heterocycles. The van der Waals surface area contributed by atoms with Crippen molar-refractivity contribution in [1.29, 1.82) is 0 Å². The second-order valence-electron chi connectivity index (χ2n) is 5.07. The molecule has 0 aliphatic rings. The van der Waals surface area contributed by atoms with E-state index in [2.05, 4.69) is 10.0 Å². The number of hydrogen-bond donors (Lipinski definition) is 2. The molecule has 0 spiro atoms. The molecule has 0 radical (unpaired) electrons. The van der Waals surface area contributed by atoms with Crippen LogP contribution in [0.25, 0.3) is 0 Å². The lowest BCUT2D eigenvalue weighted by Gasteiger charge is -2.13. The van der Waals surface area contributed by atoms with Gasteiger partial charge in [0.15, 0.2) is 0 Å². The molecule has 0 aliphatic carbocycles. The van der Waals surface area contributed by atoms with Crippen molar-refractivity contribution in [3.05, 3.63) is 21.9 Å². The van der Waals surface area contributed by atoms with Crippen molar-refractivity contribution in [3.8, 4) is 0 Å². The maximum atomic E-state index is 11.9. The van der Waals surface area contributed by atoms with Gasteiger partial charge in [-0.15, -0.1) is 11.3 Å². The van der Waals surface area contributed by atoms with Gasteiger partial charge < -0.3 is 5.32 Å². The molecule has 0 bridgehead atoms.